The molecule has 4 aromatic rings. The lowest BCUT2D eigenvalue weighted by atomic mass is 10.2. The van der Waals surface area contributed by atoms with Crippen LogP contribution in [-0.4, -0.2) is 45.4 Å². The number of benzene rings is 2. The molecule has 0 saturated heterocycles. The first-order chi connectivity index (χ1) is 15.2. The van der Waals surface area contributed by atoms with E-state index in [4.69, 9.17) is 9.47 Å². The average molecular weight is 436 g/mol. The number of nitrogens with one attached hydrogen (secondary N) is 1. The van der Waals surface area contributed by atoms with Gasteiger partial charge >= 0.3 is 0 Å². The quantitative estimate of drug-likeness (QED) is 0.424. The number of ether oxygens (including phenoxy) is 2. The van der Waals surface area contributed by atoms with Crippen molar-refractivity contribution in [2.24, 2.45) is 0 Å². The van der Waals surface area contributed by atoms with E-state index in [9.17, 15) is 4.79 Å². The van der Waals surface area contributed by atoms with Crippen LogP contribution in [0.2, 0.25) is 0 Å². The summed E-state index contributed by atoms with van der Waals surface area (Å²) < 4.78 is 14.3. The fraction of sp³-hybridized carbons (Fsp3) is 0.136. The van der Waals surface area contributed by atoms with Crippen LogP contribution in [0.5, 0.6) is 11.5 Å². The first-order valence-electron chi connectivity index (χ1n) is 9.48. The Morgan fingerprint density at radius 2 is 1.71 bits per heavy atom. The highest BCUT2D eigenvalue weighted by Crippen LogP contribution is 2.27. The van der Waals surface area contributed by atoms with Crippen LogP contribution in [0.3, 0.4) is 0 Å². The van der Waals surface area contributed by atoms with Gasteiger partial charge in [0.1, 0.15) is 11.5 Å². The number of rotatable bonds is 8. The van der Waals surface area contributed by atoms with Gasteiger partial charge in [0.2, 0.25) is 11.1 Å². The number of methoxy groups -OCH3 is 2. The number of para-hydroxylation sites is 2. The maximum absolute atomic E-state index is 12.5. The highest BCUT2D eigenvalue weighted by atomic mass is 32.2. The van der Waals surface area contributed by atoms with Crippen LogP contribution in [-0.2, 0) is 4.79 Å². The summed E-state index contributed by atoms with van der Waals surface area (Å²) in [6.45, 7) is 0. The number of hydrogen-bond donors (Lipinski definition) is 1. The van der Waals surface area contributed by atoms with Crippen LogP contribution >= 0.6 is 11.8 Å². The molecule has 0 radical (unpaired) electrons. The van der Waals surface area contributed by atoms with Gasteiger partial charge in [0.25, 0.3) is 0 Å². The summed E-state index contributed by atoms with van der Waals surface area (Å²) >= 11 is 1.30. The van der Waals surface area contributed by atoms with Gasteiger partial charge in [-0.25, -0.2) is 4.68 Å². The highest BCUT2D eigenvalue weighted by molar-refractivity contribution is 7.99. The Morgan fingerprint density at radius 1 is 0.968 bits per heavy atom. The molecule has 158 valence electrons. The second-order valence-corrected chi connectivity index (χ2v) is 7.39. The zero-order valence-corrected chi connectivity index (χ0v) is 17.9. The van der Waals surface area contributed by atoms with E-state index in [0.29, 0.717) is 22.4 Å². The van der Waals surface area contributed by atoms with Gasteiger partial charge in [-0.15, -0.1) is 10.2 Å². The van der Waals surface area contributed by atoms with Crippen LogP contribution < -0.4 is 14.8 Å². The molecule has 2 heterocycles. The Bertz CT molecular complexity index is 1160. The molecule has 0 aliphatic rings. The maximum Gasteiger partial charge on any atom is 0.234 e. The topological polar surface area (TPSA) is 83.2 Å². The van der Waals surface area contributed by atoms with Crippen LogP contribution in [0.1, 0.15) is 0 Å². The normalized spacial score (nSPS) is 10.6. The number of carbonyl (C=O) groups is 1. The zero-order chi connectivity index (χ0) is 21.6. The Labute approximate surface area is 183 Å². The highest BCUT2D eigenvalue weighted by Gasteiger charge is 2.17. The SMILES string of the molecule is COc1ccc(-c2nnc(SCC(=O)Nc3ccccc3OC)n2-n2cccc2)cc1. The molecule has 0 spiro atoms. The lowest BCUT2D eigenvalue weighted by molar-refractivity contribution is -0.113. The minimum absolute atomic E-state index is 0.164. The van der Waals surface area contributed by atoms with Crippen molar-refractivity contribution in [2.75, 3.05) is 25.3 Å². The molecule has 0 aliphatic carbocycles. The number of nitrogens with zero attached hydrogens (tertiary/aromatic N) is 4. The standard InChI is InChI=1S/C22H21N5O3S/c1-29-17-11-9-16(10-12-17)21-24-25-22(27(21)26-13-5-6-14-26)31-15-20(28)23-18-7-3-4-8-19(18)30-2/h3-14H,15H2,1-2H3,(H,23,28). The Hall–Kier alpha value is -3.72. The second kappa shape index (κ2) is 9.40. The summed E-state index contributed by atoms with van der Waals surface area (Å²) in [5.74, 6) is 2.03. The number of carbonyl (C=O) groups excluding carboxylic acids is 1. The van der Waals surface area contributed by atoms with Crippen LogP contribution in [0.25, 0.3) is 11.4 Å². The third kappa shape index (κ3) is 4.56. The zero-order valence-electron chi connectivity index (χ0n) is 17.1. The molecule has 1 amide bonds. The summed E-state index contributed by atoms with van der Waals surface area (Å²) in [5.41, 5.74) is 1.51. The fourth-order valence-corrected chi connectivity index (χ4v) is 3.74. The third-order valence-corrected chi connectivity index (χ3v) is 5.41. The van der Waals surface area contributed by atoms with Crippen molar-refractivity contribution in [3.05, 3.63) is 73.1 Å². The van der Waals surface area contributed by atoms with Gasteiger partial charge in [-0.05, 0) is 48.5 Å². The Kier molecular flexibility index (Phi) is 6.23. The predicted octanol–water partition coefficient (Wildman–Crippen LogP) is 3.81. The molecule has 31 heavy (non-hydrogen) atoms. The number of amides is 1. The molecule has 0 fully saturated rings. The van der Waals surface area contributed by atoms with E-state index < -0.39 is 0 Å². The molecule has 2 aromatic carbocycles. The molecule has 0 aliphatic heterocycles. The molecule has 0 unspecified atom stereocenters. The smallest absolute Gasteiger partial charge is 0.234 e. The molecule has 0 saturated carbocycles. The van der Waals surface area contributed by atoms with E-state index in [0.717, 1.165) is 11.3 Å². The minimum atomic E-state index is -0.164. The van der Waals surface area contributed by atoms with Gasteiger partial charge in [0, 0.05) is 18.0 Å². The number of aromatic nitrogens is 4. The van der Waals surface area contributed by atoms with Crippen molar-refractivity contribution in [2.45, 2.75) is 5.16 Å². The summed E-state index contributed by atoms with van der Waals surface area (Å²) in [6.07, 6.45) is 3.80. The largest absolute Gasteiger partial charge is 0.497 e. The van der Waals surface area contributed by atoms with Crippen molar-refractivity contribution in [3.63, 3.8) is 0 Å². The first kappa shape index (κ1) is 20.5. The molecular formula is C22H21N5O3S. The molecular weight excluding hydrogens is 414 g/mol. The third-order valence-electron chi connectivity index (χ3n) is 4.49. The molecule has 0 bridgehead atoms. The van der Waals surface area contributed by atoms with E-state index in [1.165, 1.54) is 11.8 Å². The van der Waals surface area contributed by atoms with Crippen LogP contribution in [0, 0.1) is 0 Å². The number of anilines is 1. The van der Waals surface area contributed by atoms with Crippen LogP contribution in [0.15, 0.2) is 78.2 Å². The van der Waals surface area contributed by atoms with E-state index in [-0.39, 0.29) is 11.7 Å². The Morgan fingerprint density at radius 3 is 2.42 bits per heavy atom. The van der Waals surface area contributed by atoms with E-state index in [2.05, 4.69) is 15.5 Å². The monoisotopic (exact) mass is 435 g/mol. The molecule has 1 N–H and O–H groups in total. The van der Waals surface area contributed by atoms with E-state index in [1.54, 1.807) is 26.4 Å². The minimum Gasteiger partial charge on any atom is -0.497 e. The van der Waals surface area contributed by atoms with E-state index >= 15 is 0 Å². The van der Waals surface area contributed by atoms with Crippen LogP contribution in [0.4, 0.5) is 5.69 Å². The summed E-state index contributed by atoms with van der Waals surface area (Å²) in [6, 6.07) is 18.7. The van der Waals surface area contributed by atoms with Gasteiger partial charge in [-0.3, -0.25) is 9.47 Å². The van der Waals surface area contributed by atoms with Gasteiger partial charge in [0.05, 0.1) is 25.7 Å². The predicted molar refractivity (Wildman–Crippen MR) is 120 cm³/mol. The van der Waals surface area contributed by atoms with Crippen molar-refractivity contribution in [3.8, 4) is 22.9 Å². The Balaban J connectivity index is 1.55. The van der Waals surface area contributed by atoms with Gasteiger partial charge < -0.3 is 14.8 Å². The second-order valence-electron chi connectivity index (χ2n) is 6.45. The lowest BCUT2D eigenvalue weighted by Crippen LogP contribution is -2.16. The summed E-state index contributed by atoms with van der Waals surface area (Å²) in [7, 11) is 3.20. The first-order valence-corrected chi connectivity index (χ1v) is 10.5. The maximum atomic E-state index is 12.5. The van der Waals surface area contributed by atoms with Gasteiger partial charge in [0.15, 0.2) is 5.82 Å². The fourth-order valence-electron chi connectivity index (χ4n) is 3.01. The van der Waals surface area contributed by atoms with Crippen molar-refractivity contribution in [1.29, 1.82) is 0 Å². The summed E-state index contributed by atoms with van der Waals surface area (Å²) in [4.78, 5) is 12.5. The van der Waals surface area contributed by atoms with Gasteiger partial charge in [-0.1, -0.05) is 23.9 Å². The molecule has 4 rings (SSSR count). The molecule has 2 aromatic heterocycles. The van der Waals surface area contributed by atoms with E-state index in [1.807, 2.05) is 70.3 Å². The lowest BCUT2D eigenvalue weighted by Gasteiger charge is -2.12. The van der Waals surface area contributed by atoms with Crippen molar-refractivity contribution < 1.29 is 14.3 Å². The van der Waals surface area contributed by atoms with Gasteiger partial charge in [-0.2, -0.15) is 0 Å². The number of hydrogen-bond acceptors (Lipinski definition) is 6. The number of thioether (sulfide) groups is 1. The average Bonchev–Trinajstić information content (AvgIpc) is 3.48. The molecule has 8 nitrogen and oxygen atoms in total. The van der Waals surface area contributed by atoms with Crippen molar-refractivity contribution in [1.82, 2.24) is 19.5 Å². The molecule has 0 atom stereocenters. The van der Waals surface area contributed by atoms with Crippen molar-refractivity contribution >= 4 is 23.4 Å². The molecule has 9 heteroatoms. The summed E-state index contributed by atoms with van der Waals surface area (Å²) in [5, 5.41) is 12.2.